The third-order valence-corrected chi connectivity index (χ3v) is 7.91. The van der Waals surface area contributed by atoms with Gasteiger partial charge in [-0.2, -0.15) is 13.2 Å². The summed E-state index contributed by atoms with van der Waals surface area (Å²) in [6, 6.07) is 22.1. The number of para-hydroxylation sites is 2. The lowest BCUT2D eigenvalue weighted by atomic mass is 10.1. The van der Waals surface area contributed by atoms with E-state index in [4.69, 9.17) is 16.3 Å². The molecule has 0 saturated heterocycles. The van der Waals surface area contributed by atoms with E-state index in [1.807, 2.05) is 65.2 Å². The fourth-order valence-electron chi connectivity index (χ4n) is 3.80. The van der Waals surface area contributed by atoms with Gasteiger partial charge >= 0.3 is 6.18 Å². The number of carbonyl (C=O) groups is 1. The second-order valence-electron chi connectivity index (χ2n) is 8.62. The summed E-state index contributed by atoms with van der Waals surface area (Å²) in [5.74, 6) is 0.971. The van der Waals surface area contributed by atoms with Crippen molar-refractivity contribution in [3.8, 4) is 11.4 Å². The molecular weight excluding hydrogens is 595 g/mol. The highest BCUT2D eigenvalue weighted by molar-refractivity contribution is 7.99. The Hall–Kier alpha value is -3.87. The summed E-state index contributed by atoms with van der Waals surface area (Å²) in [6.07, 6.45) is -2.81. The summed E-state index contributed by atoms with van der Waals surface area (Å²) in [7, 11) is 0. The number of benzene rings is 3. The Kier molecular flexibility index (Phi) is 8.91. The fourth-order valence-corrected chi connectivity index (χ4v) is 5.60. The molecule has 13 heteroatoms. The number of amides is 1. The molecule has 0 unspecified atom stereocenters. The number of hydrogen-bond donors (Lipinski definition) is 1. The number of rotatable bonds is 10. The molecular formula is C28H21ClF3N5O2S2. The third kappa shape index (κ3) is 7.46. The van der Waals surface area contributed by atoms with E-state index < -0.39 is 11.7 Å². The minimum atomic E-state index is -4.47. The number of anilines is 1. The van der Waals surface area contributed by atoms with Crippen LogP contribution in [-0.2, 0) is 24.0 Å². The van der Waals surface area contributed by atoms with Gasteiger partial charge in [0.1, 0.15) is 12.4 Å². The van der Waals surface area contributed by atoms with Crippen LogP contribution in [0, 0.1) is 0 Å². The smallest absolute Gasteiger partial charge is 0.416 e. The predicted molar refractivity (Wildman–Crippen MR) is 153 cm³/mol. The van der Waals surface area contributed by atoms with Crippen LogP contribution in [0.4, 0.5) is 18.3 Å². The number of halogens is 4. The van der Waals surface area contributed by atoms with Gasteiger partial charge in [-0.3, -0.25) is 9.36 Å². The van der Waals surface area contributed by atoms with Crippen molar-refractivity contribution in [3.63, 3.8) is 0 Å². The number of hydrogen-bond acceptors (Lipinski definition) is 7. The number of thioether (sulfide) groups is 1. The van der Waals surface area contributed by atoms with Crippen molar-refractivity contribution in [3.05, 3.63) is 112 Å². The number of nitrogens with one attached hydrogen (secondary N) is 1. The minimum Gasteiger partial charge on any atom is -0.486 e. The molecule has 1 amide bonds. The number of carbonyl (C=O) groups excluding carboxylic acids is 1. The van der Waals surface area contributed by atoms with Crippen molar-refractivity contribution in [1.82, 2.24) is 19.7 Å². The molecule has 0 bridgehead atoms. The van der Waals surface area contributed by atoms with Crippen molar-refractivity contribution in [2.75, 3.05) is 11.1 Å². The van der Waals surface area contributed by atoms with Crippen molar-refractivity contribution < 1.29 is 22.7 Å². The number of thiazole rings is 1. The van der Waals surface area contributed by atoms with E-state index in [-0.39, 0.29) is 29.7 Å². The van der Waals surface area contributed by atoms with E-state index in [0.717, 1.165) is 17.8 Å². The first-order valence-electron chi connectivity index (χ1n) is 12.2. The first-order valence-corrected chi connectivity index (χ1v) is 14.3. The van der Waals surface area contributed by atoms with Crippen LogP contribution in [-0.4, -0.2) is 31.4 Å². The summed E-state index contributed by atoms with van der Waals surface area (Å²) >= 11 is 8.49. The van der Waals surface area contributed by atoms with Gasteiger partial charge in [0.25, 0.3) is 0 Å². The highest BCUT2D eigenvalue weighted by Gasteiger charge is 2.31. The van der Waals surface area contributed by atoms with E-state index in [0.29, 0.717) is 32.3 Å². The maximum Gasteiger partial charge on any atom is 0.416 e. The van der Waals surface area contributed by atoms with Gasteiger partial charge in [-0.15, -0.1) is 21.5 Å². The van der Waals surface area contributed by atoms with Gasteiger partial charge in [0.15, 0.2) is 16.1 Å². The maximum atomic E-state index is 13.1. The van der Waals surface area contributed by atoms with E-state index >= 15 is 0 Å². The molecule has 0 atom stereocenters. The van der Waals surface area contributed by atoms with Crippen molar-refractivity contribution >= 4 is 45.7 Å². The number of ether oxygens (including phenoxy) is 1. The summed E-state index contributed by atoms with van der Waals surface area (Å²) in [4.78, 5) is 17.6. The number of nitrogens with zero attached hydrogens (tertiary/aromatic N) is 4. The molecule has 0 saturated carbocycles. The average Bonchev–Trinajstić information content (AvgIpc) is 3.58. The molecule has 5 aromatic rings. The second-order valence-corrected chi connectivity index (χ2v) is 11.1. The quantitative estimate of drug-likeness (QED) is 0.166. The summed E-state index contributed by atoms with van der Waals surface area (Å²) in [6.45, 7) is 0.177. The molecule has 0 radical (unpaired) electrons. The average molecular weight is 616 g/mol. The SMILES string of the molecule is O=C(CSc1nnc(COc2ccccc2)n1-c1ccccc1)Nc1ncc(Cc2cc(C(F)(F)F)ccc2Cl)s1. The molecule has 2 aromatic heterocycles. The molecule has 0 fully saturated rings. The van der Waals surface area contributed by atoms with E-state index in [9.17, 15) is 18.0 Å². The van der Waals surface area contributed by atoms with Gasteiger partial charge < -0.3 is 10.1 Å². The molecule has 0 aliphatic rings. The van der Waals surface area contributed by atoms with Gasteiger partial charge in [0, 0.05) is 28.2 Å². The first kappa shape index (κ1) is 28.7. The molecule has 0 aliphatic heterocycles. The fraction of sp³-hybridized carbons (Fsp3) is 0.143. The zero-order valence-corrected chi connectivity index (χ0v) is 23.5. The Morgan fingerprint density at radius 3 is 2.49 bits per heavy atom. The second kappa shape index (κ2) is 12.8. The Morgan fingerprint density at radius 2 is 1.76 bits per heavy atom. The minimum absolute atomic E-state index is 0.0267. The highest BCUT2D eigenvalue weighted by Crippen LogP contribution is 2.33. The standard InChI is InChI=1S/C28H21ClF3N5O2S2/c29-23-12-11-19(28(30,31)32)13-18(23)14-22-15-33-26(41-22)34-25(38)17-40-27-36-35-24(16-39-21-9-5-2-6-10-21)37(27)20-7-3-1-4-8-20/h1-13,15H,14,16-17H2,(H,33,34,38). The lowest BCUT2D eigenvalue weighted by Crippen LogP contribution is -2.14. The monoisotopic (exact) mass is 615 g/mol. The molecule has 1 N–H and O–H groups in total. The van der Waals surface area contributed by atoms with Gasteiger partial charge in [-0.05, 0) is 48.0 Å². The van der Waals surface area contributed by atoms with Crippen LogP contribution in [0.2, 0.25) is 5.02 Å². The summed E-state index contributed by atoms with van der Waals surface area (Å²) in [5.41, 5.74) is 0.376. The van der Waals surface area contributed by atoms with Crippen LogP contribution < -0.4 is 10.1 Å². The molecule has 7 nitrogen and oxygen atoms in total. The number of alkyl halides is 3. The molecule has 0 aliphatic carbocycles. The third-order valence-electron chi connectivity index (χ3n) is 5.70. The Balaban J connectivity index is 1.23. The lowest BCUT2D eigenvalue weighted by Gasteiger charge is -2.11. The molecule has 210 valence electrons. The highest BCUT2D eigenvalue weighted by atomic mass is 35.5. The zero-order valence-electron chi connectivity index (χ0n) is 21.1. The summed E-state index contributed by atoms with van der Waals surface area (Å²) in [5, 5.41) is 12.4. The van der Waals surface area contributed by atoms with Crippen LogP contribution in [0.15, 0.2) is 90.2 Å². The van der Waals surface area contributed by atoms with Gasteiger partial charge in [0.2, 0.25) is 5.91 Å². The lowest BCUT2D eigenvalue weighted by molar-refractivity contribution is -0.137. The molecule has 3 aromatic carbocycles. The van der Waals surface area contributed by atoms with Crippen LogP contribution >= 0.6 is 34.7 Å². The normalized spacial score (nSPS) is 11.4. The van der Waals surface area contributed by atoms with Gasteiger partial charge in [-0.1, -0.05) is 59.8 Å². The summed E-state index contributed by atoms with van der Waals surface area (Å²) < 4.78 is 47.0. The molecule has 2 heterocycles. The number of aromatic nitrogens is 4. The van der Waals surface area contributed by atoms with E-state index in [1.165, 1.54) is 35.4 Å². The predicted octanol–water partition coefficient (Wildman–Crippen LogP) is 7.30. The zero-order chi connectivity index (χ0) is 28.8. The largest absolute Gasteiger partial charge is 0.486 e. The maximum absolute atomic E-state index is 13.1. The Bertz CT molecular complexity index is 1630. The molecule has 41 heavy (non-hydrogen) atoms. The first-order chi connectivity index (χ1) is 19.8. The van der Waals surface area contributed by atoms with E-state index in [2.05, 4.69) is 20.5 Å². The Labute approximate surface area is 246 Å². The van der Waals surface area contributed by atoms with Crippen molar-refractivity contribution in [2.45, 2.75) is 24.4 Å². The van der Waals surface area contributed by atoms with Crippen LogP contribution in [0.25, 0.3) is 5.69 Å². The topological polar surface area (TPSA) is 81.9 Å². The van der Waals surface area contributed by atoms with Crippen LogP contribution in [0.1, 0.15) is 21.8 Å². The van der Waals surface area contributed by atoms with Crippen LogP contribution in [0.3, 0.4) is 0 Å². The Morgan fingerprint density at radius 1 is 1.02 bits per heavy atom. The van der Waals surface area contributed by atoms with Gasteiger partial charge in [0.05, 0.1) is 11.3 Å². The van der Waals surface area contributed by atoms with Crippen molar-refractivity contribution in [1.29, 1.82) is 0 Å². The van der Waals surface area contributed by atoms with Crippen molar-refractivity contribution in [2.24, 2.45) is 0 Å². The van der Waals surface area contributed by atoms with Crippen LogP contribution in [0.5, 0.6) is 5.75 Å². The van der Waals surface area contributed by atoms with E-state index in [1.54, 1.807) is 0 Å². The molecule has 5 rings (SSSR count). The van der Waals surface area contributed by atoms with Gasteiger partial charge in [-0.25, -0.2) is 4.98 Å². The molecule has 0 spiro atoms.